The Morgan fingerprint density at radius 1 is 1.41 bits per heavy atom. The van der Waals surface area contributed by atoms with Gasteiger partial charge in [0.05, 0.1) is 0 Å². The van der Waals surface area contributed by atoms with Crippen molar-refractivity contribution in [1.82, 2.24) is 15.5 Å². The highest BCUT2D eigenvalue weighted by atomic mass is 32.2. The van der Waals surface area contributed by atoms with E-state index in [0.29, 0.717) is 6.04 Å². The standard InChI is InChI=1S/C17H28N4S/c1-13-7-8-14(16(10-13)22-4)11-19-17(18-2)20-12-15-6-5-9-21(15)3/h7-8,10,15H,5-6,9,11-12H2,1-4H3,(H2,18,19,20). The van der Waals surface area contributed by atoms with E-state index in [4.69, 9.17) is 0 Å². The van der Waals surface area contributed by atoms with Crippen molar-refractivity contribution < 1.29 is 0 Å². The Morgan fingerprint density at radius 3 is 2.86 bits per heavy atom. The van der Waals surface area contributed by atoms with Crippen molar-refractivity contribution in [3.8, 4) is 0 Å². The number of nitrogens with one attached hydrogen (secondary N) is 2. The maximum absolute atomic E-state index is 4.33. The van der Waals surface area contributed by atoms with Crippen molar-refractivity contribution in [2.24, 2.45) is 4.99 Å². The molecular formula is C17H28N4S. The van der Waals surface area contributed by atoms with Crippen LogP contribution in [0.5, 0.6) is 0 Å². The average Bonchev–Trinajstić information content (AvgIpc) is 2.93. The molecule has 4 nitrogen and oxygen atoms in total. The average molecular weight is 321 g/mol. The molecule has 22 heavy (non-hydrogen) atoms. The second-order valence-electron chi connectivity index (χ2n) is 5.90. The summed E-state index contributed by atoms with van der Waals surface area (Å²) in [6.45, 7) is 5.10. The maximum Gasteiger partial charge on any atom is 0.191 e. The number of benzene rings is 1. The van der Waals surface area contributed by atoms with Crippen molar-refractivity contribution >= 4 is 17.7 Å². The maximum atomic E-state index is 4.33. The van der Waals surface area contributed by atoms with E-state index in [-0.39, 0.29) is 0 Å². The molecule has 0 spiro atoms. The summed E-state index contributed by atoms with van der Waals surface area (Å²) >= 11 is 1.80. The van der Waals surface area contributed by atoms with Crippen LogP contribution in [0.1, 0.15) is 24.0 Å². The van der Waals surface area contributed by atoms with Crippen LogP contribution in [-0.4, -0.2) is 50.3 Å². The van der Waals surface area contributed by atoms with E-state index in [1.165, 1.54) is 35.4 Å². The Labute approximate surface area is 138 Å². The molecule has 1 aromatic carbocycles. The summed E-state index contributed by atoms with van der Waals surface area (Å²) < 4.78 is 0. The zero-order valence-corrected chi connectivity index (χ0v) is 15.0. The Bertz CT molecular complexity index is 515. The third kappa shape index (κ3) is 4.65. The zero-order chi connectivity index (χ0) is 15.9. The minimum absolute atomic E-state index is 0.625. The summed E-state index contributed by atoms with van der Waals surface area (Å²) in [7, 11) is 4.03. The molecule has 0 aromatic heterocycles. The number of nitrogens with zero attached hydrogens (tertiary/aromatic N) is 2. The summed E-state index contributed by atoms with van der Waals surface area (Å²) in [4.78, 5) is 8.09. The molecule has 1 aliphatic rings. The molecule has 122 valence electrons. The van der Waals surface area contributed by atoms with E-state index in [0.717, 1.165) is 19.0 Å². The van der Waals surface area contributed by atoms with Gasteiger partial charge in [0.1, 0.15) is 0 Å². The van der Waals surface area contributed by atoms with Gasteiger partial charge in [-0.25, -0.2) is 0 Å². The van der Waals surface area contributed by atoms with Gasteiger partial charge < -0.3 is 15.5 Å². The van der Waals surface area contributed by atoms with Gasteiger partial charge in [0.25, 0.3) is 0 Å². The van der Waals surface area contributed by atoms with Gasteiger partial charge in [0, 0.05) is 31.1 Å². The summed E-state index contributed by atoms with van der Waals surface area (Å²) in [6, 6.07) is 7.23. The van der Waals surface area contributed by atoms with E-state index < -0.39 is 0 Å². The van der Waals surface area contributed by atoms with Gasteiger partial charge in [-0.15, -0.1) is 11.8 Å². The van der Waals surface area contributed by atoms with Crippen LogP contribution in [0.2, 0.25) is 0 Å². The van der Waals surface area contributed by atoms with Crippen LogP contribution in [0.3, 0.4) is 0 Å². The summed E-state index contributed by atoms with van der Waals surface area (Å²) in [5, 5.41) is 6.88. The molecule has 1 heterocycles. The van der Waals surface area contributed by atoms with Gasteiger partial charge >= 0.3 is 0 Å². The molecule has 1 fully saturated rings. The van der Waals surface area contributed by atoms with Crippen molar-refractivity contribution in [3.05, 3.63) is 29.3 Å². The minimum atomic E-state index is 0.625. The van der Waals surface area contributed by atoms with Gasteiger partial charge in [0.2, 0.25) is 0 Å². The van der Waals surface area contributed by atoms with Crippen LogP contribution in [0.25, 0.3) is 0 Å². The highest BCUT2D eigenvalue weighted by Gasteiger charge is 2.20. The number of aliphatic imine (C=N–C) groups is 1. The molecule has 5 heteroatoms. The predicted molar refractivity (Wildman–Crippen MR) is 96.8 cm³/mol. The van der Waals surface area contributed by atoms with Gasteiger partial charge in [-0.05, 0) is 56.8 Å². The van der Waals surface area contributed by atoms with Crippen molar-refractivity contribution in [3.63, 3.8) is 0 Å². The fourth-order valence-corrected chi connectivity index (χ4v) is 3.56. The summed E-state index contributed by atoms with van der Waals surface area (Å²) in [6.07, 6.45) is 4.70. The zero-order valence-electron chi connectivity index (χ0n) is 14.1. The number of hydrogen-bond donors (Lipinski definition) is 2. The number of rotatable bonds is 5. The number of likely N-dealkylation sites (N-methyl/N-ethyl adjacent to an activating group) is 1. The quantitative estimate of drug-likeness (QED) is 0.497. The number of thioether (sulfide) groups is 1. The first-order valence-electron chi connectivity index (χ1n) is 7.92. The van der Waals surface area contributed by atoms with Crippen molar-refractivity contribution in [2.75, 3.05) is 33.4 Å². The van der Waals surface area contributed by atoms with Gasteiger partial charge in [0.15, 0.2) is 5.96 Å². The molecule has 1 unspecified atom stereocenters. The van der Waals surface area contributed by atoms with Crippen LogP contribution in [0.4, 0.5) is 0 Å². The lowest BCUT2D eigenvalue weighted by Gasteiger charge is -2.21. The first kappa shape index (κ1) is 17.2. The number of likely N-dealkylation sites (tertiary alicyclic amines) is 1. The van der Waals surface area contributed by atoms with Crippen molar-refractivity contribution in [1.29, 1.82) is 0 Å². The molecule has 2 rings (SSSR count). The molecule has 1 aliphatic heterocycles. The molecule has 0 saturated carbocycles. The predicted octanol–water partition coefficient (Wildman–Crippen LogP) is 2.48. The van der Waals surface area contributed by atoms with Crippen LogP contribution in [0.15, 0.2) is 28.1 Å². The SMILES string of the molecule is CN=C(NCc1ccc(C)cc1SC)NCC1CCCN1C. The molecule has 2 N–H and O–H groups in total. The Balaban J connectivity index is 1.86. The number of hydrogen-bond acceptors (Lipinski definition) is 3. The Kier molecular flexibility index (Phi) is 6.58. The second kappa shape index (κ2) is 8.44. The molecule has 0 amide bonds. The van der Waals surface area contributed by atoms with E-state index in [1.807, 2.05) is 7.05 Å². The first-order valence-corrected chi connectivity index (χ1v) is 9.14. The van der Waals surface area contributed by atoms with E-state index >= 15 is 0 Å². The Morgan fingerprint density at radius 2 is 2.23 bits per heavy atom. The van der Waals surface area contributed by atoms with Crippen LogP contribution >= 0.6 is 11.8 Å². The van der Waals surface area contributed by atoms with Crippen molar-refractivity contribution in [2.45, 2.75) is 37.2 Å². The van der Waals surface area contributed by atoms with Crippen LogP contribution < -0.4 is 10.6 Å². The molecule has 1 saturated heterocycles. The minimum Gasteiger partial charge on any atom is -0.355 e. The Hall–Kier alpha value is -1.20. The number of guanidine groups is 1. The molecule has 1 atom stereocenters. The van der Waals surface area contributed by atoms with Gasteiger partial charge in [-0.2, -0.15) is 0 Å². The molecule has 0 bridgehead atoms. The molecule has 0 radical (unpaired) electrons. The topological polar surface area (TPSA) is 39.7 Å². The number of aryl methyl sites for hydroxylation is 1. The summed E-state index contributed by atoms with van der Waals surface area (Å²) in [5.41, 5.74) is 2.62. The molecular weight excluding hydrogens is 292 g/mol. The fourth-order valence-electron chi connectivity index (χ4n) is 2.85. The third-order valence-electron chi connectivity index (χ3n) is 4.29. The largest absolute Gasteiger partial charge is 0.355 e. The highest BCUT2D eigenvalue weighted by Crippen LogP contribution is 2.21. The summed E-state index contributed by atoms with van der Waals surface area (Å²) in [5.74, 6) is 0.882. The lowest BCUT2D eigenvalue weighted by atomic mass is 10.1. The smallest absolute Gasteiger partial charge is 0.191 e. The third-order valence-corrected chi connectivity index (χ3v) is 5.11. The monoisotopic (exact) mass is 320 g/mol. The molecule has 1 aromatic rings. The van der Waals surface area contributed by atoms with Crippen LogP contribution in [0, 0.1) is 6.92 Å². The highest BCUT2D eigenvalue weighted by molar-refractivity contribution is 7.98. The van der Waals surface area contributed by atoms with Gasteiger partial charge in [-0.1, -0.05) is 12.1 Å². The van der Waals surface area contributed by atoms with E-state index in [1.54, 1.807) is 11.8 Å². The second-order valence-corrected chi connectivity index (χ2v) is 6.75. The lowest BCUT2D eigenvalue weighted by Crippen LogP contribution is -2.43. The van der Waals surface area contributed by atoms with E-state index in [2.05, 4.69) is 59.0 Å². The molecule has 0 aliphatic carbocycles. The van der Waals surface area contributed by atoms with Gasteiger partial charge in [-0.3, -0.25) is 4.99 Å². The normalized spacial score (nSPS) is 19.5. The lowest BCUT2D eigenvalue weighted by molar-refractivity contribution is 0.309. The van der Waals surface area contributed by atoms with E-state index in [9.17, 15) is 0 Å². The first-order chi connectivity index (χ1) is 10.6. The van der Waals surface area contributed by atoms with Crippen LogP contribution in [-0.2, 0) is 6.54 Å². The fraction of sp³-hybridized carbons (Fsp3) is 0.588.